The lowest BCUT2D eigenvalue weighted by molar-refractivity contribution is -0.123. The first-order valence-corrected chi connectivity index (χ1v) is 6.82. The highest BCUT2D eigenvalue weighted by Crippen LogP contribution is 2.27. The van der Waals surface area contributed by atoms with Crippen LogP contribution in [0.5, 0.6) is 5.75 Å². The van der Waals surface area contributed by atoms with Gasteiger partial charge >= 0.3 is 0 Å². The van der Waals surface area contributed by atoms with Crippen molar-refractivity contribution in [3.8, 4) is 5.75 Å². The van der Waals surface area contributed by atoms with Crippen LogP contribution >= 0.6 is 0 Å². The molecule has 1 fully saturated rings. The molecule has 0 saturated heterocycles. The van der Waals surface area contributed by atoms with Crippen LogP contribution in [0.2, 0.25) is 0 Å². The molecule has 0 aliphatic heterocycles. The molecule has 1 aliphatic carbocycles. The van der Waals surface area contributed by atoms with E-state index in [0.717, 1.165) is 17.7 Å². The molecule has 1 aromatic carbocycles. The maximum absolute atomic E-state index is 11.6. The predicted octanol–water partition coefficient (Wildman–Crippen LogP) is 1.92. The van der Waals surface area contributed by atoms with Gasteiger partial charge in [-0.15, -0.1) is 0 Å². The first-order valence-electron chi connectivity index (χ1n) is 6.82. The third-order valence-corrected chi connectivity index (χ3v) is 3.30. The minimum absolute atomic E-state index is 0.0511. The third-order valence-electron chi connectivity index (χ3n) is 3.30. The van der Waals surface area contributed by atoms with E-state index >= 15 is 0 Å². The van der Waals surface area contributed by atoms with Crippen molar-refractivity contribution in [2.75, 3.05) is 13.2 Å². The minimum Gasteiger partial charge on any atom is -0.483 e. The summed E-state index contributed by atoms with van der Waals surface area (Å²) in [4.78, 5) is 11.6. The molecule has 1 amide bonds. The summed E-state index contributed by atoms with van der Waals surface area (Å²) in [6.07, 6.45) is 2.46. The van der Waals surface area contributed by atoms with Gasteiger partial charge in [-0.25, -0.2) is 0 Å². The Morgan fingerprint density at radius 1 is 1.53 bits per heavy atom. The maximum Gasteiger partial charge on any atom is 0.257 e. The highest BCUT2D eigenvalue weighted by molar-refractivity contribution is 5.77. The Hall–Kier alpha value is -1.55. The topological polar surface area (TPSA) is 64.3 Å². The van der Waals surface area contributed by atoms with Crippen molar-refractivity contribution in [1.29, 1.82) is 0 Å². The van der Waals surface area contributed by atoms with Crippen LogP contribution in [-0.4, -0.2) is 19.1 Å². The smallest absolute Gasteiger partial charge is 0.257 e. The van der Waals surface area contributed by atoms with E-state index in [2.05, 4.69) is 5.32 Å². The Kier molecular flexibility index (Phi) is 4.43. The van der Waals surface area contributed by atoms with Gasteiger partial charge in [-0.1, -0.05) is 17.7 Å². The summed E-state index contributed by atoms with van der Waals surface area (Å²) in [7, 11) is 0. The normalized spacial score (nSPS) is 15.9. The van der Waals surface area contributed by atoms with Crippen LogP contribution in [0.15, 0.2) is 18.2 Å². The van der Waals surface area contributed by atoms with E-state index in [-0.39, 0.29) is 18.6 Å². The highest BCUT2D eigenvalue weighted by atomic mass is 16.5. The van der Waals surface area contributed by atoms with Crippen LogP contribution in [-0.2, 0) is 4.79 Å². The Balaban J connectivity index is 1.88. The molecule has 1 aliphatic rings. The van der Waals surface area contributed by atoms with Gasteiger partial charge in [0.15, 0.2) is 6.61 Å². The number of rotatable bonds is 6. The van der Waals surface area contributed by atoms with Gasteiger partial charge in [0.1, 0.15) is 5.75 Å². The van der Waals surface area contributed by atoms with Gasteiger partial charge in [0, 0.05) is 18.2 Å². The van der Waals surface area contributed by atoms with Crippen LogP contribution in [0.4, 0.5) is 0 Å². The van der Waals surface area contributed by atoms with Crippen LogP contribution in [0, 0.1) is 12.8 Å². The number of carbonyl (C=O) groups is 1. The minimum atomic E-state index is -0.107. The molecule has 19 heavy (non-hydrogen) atoms. The van der Waals surface area contributed by atoms with Crippen LogP contribution < -0.4 is 15.8 Å². The van der Waals surface area contributed by atoms with Gasteiger partial charge in [-0.3, -0.25) is 4.79 Å². The van der Waals surface area contributed by atoms with Crippen molar-refractivity contribution >= 4 is 5.91 Å². The average Bonchev–Trinajstić information content (AvgIpc) is 3.18. The Morgan fingerprint density at radius 3 is 2.89 bits per heavy atom. The number of benzene rings is 1. The molecule has 0 radical (unpaired) electrons. The highest BCUT2D eigenvalue weighted by Gasteiger charge is 2.21. The van der Waals surface area contributed by atoms with Gasteiger partial charge in [-0.05, 0) is 38.7 Å². The number of carbonyl (C=O) groups excluding carboxylic acids is 1. The van der Waals surface area contributed by atoms with Crippen LogP contribution in [0.1, 0.15) is 36.9 Å². The molecule has 0 aromatic heterocycles. The summed E-state index contributed by atoms with van der Waals surface area (Å²) in [5.74, 6) is 1.31. The fraction of sp³-hybridized carbons (Fsp3) is 0.533. The SMILES string of the molecule is Cc1ccc(OCC(=O)NCC2CC2)c(C(C)N)c1. The molecular formula is C15H22N2O2. The monoisotopic (exact) mass is 262 g/mol. The standard InChI is InChI=1S/C15H22N2O2/c1-10-3-6-14(13(7-10)11(2)16)19-9-15(18)17-8-12-4-5-12/h3,6-7,11-12H,4-5,8-9,16H2,1-2H3,(H,17,18). The first-order chi connectivity index (χ1) is 9.06. The van der Waals surface area contributed by atoms with Crippen molar-refractivity contribution in [3.63, 3.8) is 0 Å². The lowest BCUT2D eigenvalue weighted by Crippen LogP contribution is -2.30. The number of aryl methyl sites for hydroxylation is 1. The first kappa shape index (κ1) is 13.9. The Morgan fingerprint density at radius 2 is 2.26 bits per heavy atom. The summed E-state index contributed by atoms with van der Waals surface area (Å²) in [6.45, 7) is 4.75. The van der Waals surface area contributed by atoms with Crippen molar-refractivity contribution in [1.82, 2.24) is 5.32 Å². The van der Waals surface area contributed by atoms with Crippen molar-refractivity contribution in [2.45, 2.75) is 32.7 Å². The summed E-state index contributed by atoms with van der Waals surface area (Å²) >= 11 is 0. The number of ether oxygens (including phenoxy) is 1. The molecule has 0 bridgehead atoms. The van der Waals surface area contributed by atoms with E-state index < -0.39 is 0 Å². The van der Waals surface area contributed by atoms with Crippen molar-refractivity contribution < 1.29 is 9.53 Å². The summed E-state index contributed by atoms with van der Waals surface area (Å²) in [5, 5.41) is 2.88. The second kappa shape index (κ2) is 6.06. The molecule has 1 unspecified atom stereocenters. The Bertz CT molecular complexity index is 453. The number of amides is 1. The molecule has 104 valence electrons. The summed E-state index contributed by atoms with van der Waals surface area (Å²) < 4.78 is 5.58. The quantitative estimate of drug-likeness (QED) is 0.823. The van der Waals surface area contributed by atoms with Gasteiger partial charge in [0.2, 0.25) is 0 Å². The molecule has 0 spiro atoms. The van der Waals surface area contributed by atoms with Gasteiger partial charge in [-0.2, -0.15) is 0 Å². The zero-order chi connectivity index (χ0) is 13.8. The lowest BCUT2D eigenvalue weighted by Gasteiger charge is -2.14. The van der Waals surface area contributed by atoms with E-state index in [1.54, 1.807) is 0 Å². The van der Waals surface area contributed by atoms with Crippen molar-refractivity contribution in [2.24, 2.45) is 11.7 Å². The van der Waals surface area contributed by atoms with E-state index in [1.807, 2.05) is 32.0 Å². The fourth-order valence-electron chi connectivity index (χ4n) is 1.93. The van der Waals surface area contributed by atoms with E-state index in [1.165, 1.54) is 12.8 Å². The summed E-state index contributed by atoms with van der Waals surface area (Å²) in [5.41, 5.74) is 7.99. The molecule has 4 heteroatoms. The Labute approximate surface area is 114 Å². The molecule has 0 heterocycles. The van der Waals surface area contributed by atoms with Crippen molar-refractivity contribution in [3.05, 3.63) is 29.3 Å². The number of hydrogen-bond acceptors (Lipinski definition) is 3. The lowest BCUT2D eigenvalue weighted by atomic mass is 10.1. The maximum atomic E-state index is 11.6. The van der Waals surface area contributed by atoms with Gasteiger partial charge in [0.25, 0.3) is 5.91 Å². The average molecular weight is 262 g/mol. The van der Waals surface area contributed by atoms with Gasteiger partial charge < -0.3 is 15.8 Å². The predicted molar refractivity (Wildman–Crippen MR) is 75.0 cm³/mol. The third kappa shape index (κ3) is 4.24. The van der Waals surface area contributed by atoms with Crippen LogP contribution in [0.25, 0.3) is 0 Å². The second-order valence-corrected chi connectivity index (χ2v) is 5.37. The fourth-order valence-corrected chi connectivity index (χ4v) is 1.93. The molecule has 4 nitrogen and oxygen atoms in total. The molecule has 3 N–H and O–H groups in total. The number of nitrogens with one attached hydrogen (secondary N) is 1. The molecule has 2 rings (SSSR count). The number of hydrogen-bond donors (Lipinski definition) is 2. The summed E-state index contributed by atoms with van der Waals surface area (Å²) in [6, 6.07) is 5.73. The molecular weight excluding hydrogens is 240 g/mol. The molecule has 1 saturated carbocycles. The van der Waals surface area contributed by atoms with E-state index in [9.17, 15) is 4.79 Å². The molecule has 1 atom stereocenters. The zero-order valence-electron chi connectivity index (χ0n) is 11.6. The second-order valence-electron chi connectivity index (χ2n) is 5.37. The largest absolute Gasteiger partial charge is 0.483 e. The van der Waals surface area contributed by atoms with Crippen LogP contribution in [0.3, 0.4) is 0 Å². The number of nitrogens with two attached hydrogens (primary N) is 1. The van der Waals surface area contributed by atoms with Gasteiger partial charge in [0.05, 0.1) is 0 Å². The van der Waals surface area contributed by atoms with E-state index in [0.29, 0.717) is 11.7 Å². The zero-order valence-corrected chi connectivity index (χ0v) is 11.6. The molecule has 1 aromatic rings. The van der Waals surface area contributed by atoms with E-state index in [4.69, 9.17) is 10.5 Å².